The molecule has 0 spiro atoms. The summed E-state index contributed by atoms with van der Waals surface area (Å²) < 4.78 is 15.7. The highest BCUT2D eigenvalue weighted by atomic mass is 16.5. The molecule has 0 aromatic heterocycles. The average molecular weight is 369 g/mol. The van der Waals surface area contributed by atoms with Crippen LogP contribution in [-0.4, -0.2) is 38.3 Å². The van der Waals surface area contributed by atoms with Crippen LogP contribution in [0.5, 0.6) is 17.2 Å². The smallest absolute Gasteiger partial charge is 0.301 e. The van der Waals surface area contributed by atoms with Crippen LogP contribution in [0.2, 0.25) is 0 Å². The van der Waals surface area contributed by atoms with Gasteiger partial charge in [0.1, 0.15) is 5.75 Å². The van der Waals surface area contributed by atoms with Gasteiger partial charge in [0.2, 0.25) is 0 Å². The molecule has 7 heteroatoms. The van der Waals surface area contributed by atoms with Gasteiger partial charge in [-0.25, -0.2) is 4.90 Å². The van der Waals surface area contributed by atoms with E-state index in [1.165, 1.54) is 27.4 Å². The highest BCUT2D eigenvalue weighted by Gasteiger charge is 2.41. The standard InChI is InChI=1S/C20H19NO6/c1-11-5-7-14(25-2)13(9-11)21-19(23)17(18(22)20(21)24)12-6-8-15(26-3)16(10-12)27-4/h5-10,22H,1-4H3. The first-order chi connectivity index (χ1) is 12.9. The van der Waals surface area contributed by atoms with Crippen LogP contribution in [0.3, 0.4) is 0 Å². The fourth-order valence-electron chi connectivity index (χ4n) is 2.96. The van der Waals surface area contributed by atoms with Crippen LogP contribution in [0.4, 0.5) is 5.69 Å². The van der Waals surface area contributed by atoms with Crippen molar-refractivity contribution in [2.45, 2.75) is 6.92 Å². The summed E-state index contributed by atoms with van der Waals surface area (Å²) in [7, 11) is 4.40. The van der Waals surface area contributed by atoms with Crippen molar-refractivity contribution in [1.82, 2.24) is 0 Å². The molecule has 140 valence electrons. The molecule has 2 aromatic rings. The number of methoxy groups -OCH3 is 3. The zero-order valence-corrected chi connectivity index (χ0v) is 15.4. The molecule has 27 heavy (non-hydrogen) atoms. The van der Waals surface area contributed by atoms with E-state index in [9.17, 15) is 14.7 Å². The van der Waals surface area contributed by atoms with Crippen molar-refractivity contribution in [2.24, 2.45) is 0 Å². The van der Waals surface area contributed by atoms with Crippen molar-refractivity contribution < 1.29 is 28.9 Å². The Morgan fingerprint density at radius 1 is 0.815 bits per heavy atom. The van der Waals surface area contributed by atoms with E-state index in [1.807, 2.05) is 6.92 Å². The normalized spacial score (nSPS) is 14.0. The number of aliphatic hydroxyl groups excluding tert-OH is 1. The van der Waals surface area contributed by atoms with Gasteiger partial charge in [-0.3, -0.25) is 9.59 Å². The Labute approximate surface area is 156 Å². The van der Waals surface area contributed by atoms with Gasteiger partial charge in [0, 0.05) is 0 Å². The Balaban J connectivity index is 2.09. The lowest BCUT2D eigenvalue weighted by molar-refractivity contribution is -0.121. The van der Waals surface area contributed by atoms with E-state index >= 15 is 0 Å². The molecule has 1 N–H and O–H groups in total. The molecule has 0 atom stereocenters. The minimum absolute atomic E-state index is 0.107. The molecule has 0 aliphatic carbocycles. The third kappa shape index (κ3) is 2.97. The molecule has 0 radical (unpaired) electrons. The summed E-state index contributed by atoms with van der Waals surface area (Å²) in [6, 6.07) is 9.83. The maximum Gasteiger partial charge on any atom is 0.301 e. The number of hydrogen-bond donors (Lipinski definition) is 1. The zero-order chi connectivity index (χ0) is 19.7. The fourth-order valence-corrected chi connectivity index (χ4v) is 2.96. The predicted molar refractivity (Wildman–Crippen MR) is 99.3 cm³/mol. The van der Waals surface area contributed by atoms with Crippen molar-refractivity contribution in [2.75, 3.05) is 26.2 Å². The number of ether oxygens (including phenoxy) is 3. The Bertz CT molecular complexity index is 963. The lowest BCUT2D eigenvalue weighted by Crippen LogP contribution is -2.32. The van der Waals surface area contributed by atoms with E-state index in [1.54, 1.807) is 30.3 Å². The highest BCUT2D eigenvalue weighted by molar-refractivity contribution is 6.45. The molecule has 7 nitrogen and oxygen atoms in total. The minimum Gasteiger partial charge on any atom is -0.502 e. The van der Waals surface area contributed by atoms with Gasteiger partial charge in [0.25, 0.3) is 5.91 Å². The lowest BCUT2D eigenvalue weighted by Gasteiger charge is -2.18. The monoisotopic (exact) mass is 369 g/mol. The molecule has 0 fully saturated rings. The molecule has 0 unspecified atom stereocenters. The van der Waals surface area contributed by atoms with Gasteiger partial charge >= 0.3 is 5.91 Å². The number of rotatable bonds is 5. The molecule has 1 aliphatic heterocycles. The molecule has 0 saturated carbocycles. The third-order valence-electron chi connectivity index (χ3n) is 4.31. The van der Waals surface area contributed by atoms with Crippen LogP contribution in [0, 0.1) is 6.92 Å². The predicted octanol–water partition coefficient (Wildman–Crippen LogP) is 2.86. The molecule has 0 saturated heterocycles. The second kappa shape index (κ2) is 7.03. The minimum atomic E-state index is -0.811. The second-order valence-electron chi connectivity index (χ2n) is 5.91. The number of hydrogen-bond acceptors (Lipinski definition) is 6. The number of anilines is 1. The van der Waals surface area contributed by atoms with E-state index in [0.29, 0.717) is 22.8 Å². The summed E-state index contributed by atoms with van der Waals surface area (Å²) >= 11 is 0. The quantitative estimate of drug-likeness (QED) is 0.816. The maximum atomic E-state index is 13.0. The number of aryl methyl sites for hydroxylation is 1. The Morgan fingerprint density at radius 3 is 2.07 bits per heavy atom. The molecular weight excluding hydrogens is 350 g/mol. The van der Waals surface area contributed by atoms with Gasteiger partial charge in [-0.1, -0.05) is 12.1 Å². The Kier molecular flexibility index (Phi) is 4.77. The summed E-state index contributed by atoms with van der Waals surface area (Å²) in [5.74, 6) is -0.890. The van der Waals surface area contributed by atoms with Crippen molar-refractivity contribution in [3.05, 3.63) is 53.3 Å². The van der Waals surface area contributed by atoms with Gasteiger partial charge in [-0.2, -0.15) is 0 Å². The molecule has 2 aromatic carbocycles. The molecule has 1 aliphatic rings. The van der Waals surface area contributed by atoms with Gasteiger partial charge in [0.05, 0.1) is 32.6 Å². The molecule has 0 bridgehead atoms. The van der Waals surface area contributed by atoms with Crippen molar-refractivity contribution in [1.29, 1.82) is 0 Å². The number of carbonyl (C=O) groups is 2. The average Bonchev–Trinajstić information content (AvgIpc) is 2.89. The second-order valence-corrected chi connectivity index (χ2v) is 5.91. The number of amides is 2. The van der Waals surface area contributed by atoms with Crippen molar-refractivity contribution in [3.8, 4) is 17.2 Å². The van der Waals surface area contributed by atoms with Gasteiger partial charge in [-0.05, 0) is 42.3 Å². The lowest BCUT2D eigenvalue weighted by atomic mass is 10.0. The summed E-state index contributed by atoms with van der Waals surface area (Å²) in [4.78, 5) is 26.6. The van der Waals surface area contributed by atoms with Crippen LogP contribution in [0.25, 0.3) is 5.57 Å². The van der Waals surface area contributed by atoms with E-state index in [0.717, 1.165) is 10.5 Å². The van der Waals surface area contributed by atoms with Crippen LogP contribution < -0.4 is 19.1 Å². The first-order valence-corrected chi connectivity index (χ1v) is 8.12. The topological polar surface area (TPSA) is 85.3 Å². The number of nitrogens with zero attached hydrogens (tertiary/aromatic N) is 1. The van der Waals surface area contributed by atoms with Gasteiger partial charge in [0.15, 0.2) is 17.3 Å². The summed E-state index contributed by atoms with van der Waals surface area (Å²) in [6.45, 7) is 1.83. The number of carbonyl (C=O) groups excluding carboxylic acids is 2. The number of benzene rings is 2. The fraction of sp³-hybridized carbons (Fsp3) is 0.200. The largest absolute Gasteiger partial charge is 0.502 e. The summed E-state index contributed by atoms with van der Waals surface area (Å²) in [6.07, 6.45) is 0. The summed E-state index contributed by atoms with van der Waals surface area (Å²) in [5, 5.41) is 10.4. The van der Waals surface area contributed by atoms with Gasteiger partial charge in [-0.15, -0.1) is 0 Å². The molecule has 1 heterocycles. The van der Waals surface area contributed by atoms with E-state index in [2.05, 4.69) is 0 Å². The van der Waals surface area contributed by atoms with Crippen LogP contribution in [-0.2, 0) is 9.59 Å². The van der Waals surface area contributed by atoms with Crippen LogP contribution >= 0.6 is 0 Å². The Morgan fingerprint density at radius 2 is 1.44 bits per heavy atom. The van der Waals surface area contributed by atoms with Crippen molar-refractivity contribution in [3.63, 3.8) is 0 Å². The molecule has 3 rings (SSSR count). The zero-order valence-electron chi connectivity index (χ0n) is 15.4. The SMILES string of the molecule is COc1ccc(C2=C(O)C(=O)N(c3cc(C)ccc3OC)C2=O)cc1OC. The first-order valence-electron chi connectivity index (χ1n) is 8.12. The van der Waals surface area contributed by atoms with Gasteiger partial charge < -0.3 is 19.3 Å². The highest BCUT2D eigenvalue weighted by Crippen LogP contribution is 2.39. The third-order valence-corrected chi connectivity index (χ3v) is 4.31. The van der Waals surface area contributed by atoms with Crippen LogP contribution in [0.1, 0.15) is 11.1 Å². The molecule has 2 amide bonds. The number of imide groups is 1. The Hall–Kier alpha value is -3.48. The van der Waals surface area contributed by atoms with E-state index in [4.69, 9.17) is 14.2 Å². The number of aliphatic hydroxyl groups is 1. The molecular formula is C20H19NO6. The maximum absolute atomic E-state index is 13.0. The van der Waals surface area contributed by atoms with Crippen LogP contribution in [0.15, 0.2) is 42.2 Å². The van der Waals surface area contributed by atoms with E-state index in [-0.39, 0.29) is 11.3 Å². The van der Waals surface area contributed by atoms with Crippen molar-refractivity contribution >= 4 is 23.1 Å². The van der Waals surface area contributed by atoms with E-state index < -0.39 is 17.6 Å². The summed E-state index contributed by atoms with van der Waals surface area (Å²) in [5.41, 5.74) is 1.35. The first kappa shape index (κ1) is 18.3.